The first-order valence-corrected chi connectivity index (χ1v) is 24.3. The molecular weight excluding hydrogens is 792 g/mol. The Morgan fingerprint density at radius 3 is 2.31 bits per heavy atom. The second-order valence-electron chi connectivity index (χ2n) is 18.0. The topological polar surface area (TPSA) is 164 Å². The van der Waals surface area contributed by atoms with Crippen LogP contribution in [-0.2, 0) is 14.6 Å². The van der Waals surface area contributed by atoms with Crippen molar-refractivity contribution < 1.29 is 37.0 Å². The molecule has 0 radical (unpaired) electrons. The van der Waals surface area contributed by atoms with Gasteiger partial charge in [0, 0.05) is 34.7 Å². The number of carbonyl (C=O) groups excluding carboxylic acids is 1. The summed E-state index contributed by atoms with van der Waals surface area (Å²) >= 11 is 0. The number of ether oxygens (including phenoxy) is 2. The lowest BCUT2D eigenvalue weighted by molar-refractivity contribution is 0.0634. The lowest BCUT2D eigenvalue weighted by Gasteiger charge is -2.47. The van der Waals surface area contributed by atoms with E-state index in [9.17, 15) is 23.1 Å². The average Bonchev–Trinajstić information content (AvgIpc) is 3.38. The minimum Gasteiger partial charge on any atom is -0.472 e. The second-order valence-corrected chi connectivity index (χ2v) is 25.5. The van der Waals surface area contributed by atoms with Gasteiger partial charge in [-0.15, -0.1) is 5.54 Å². The highest BCUT2D eigenvalue weighted by molar-refractivity contribution is 7.90. The maximum Gasteiger partial charge on any atom is 0.412 e. The van der Waals surface area contributed by atoms with E-state index < -0.39 is 64.9 Å². The van der Waals surface area contributed by atoms with Crippen LogP contribution in [0.2, 0.25) is 16.6 Å². The van der Waals surface area contributed by atoms with Crippen LogP contribution < -0.4 is 15.0 Å². The minimum absolute atomic E-state index is 0.00961. The largest absolute Gasteiger partial charge is 0.472 e. The number of fused-ring (bicyclic) bond motifs is 6. The lowest BCUT2D eigenvalue weighted by Crippen LogP contribution is -2.64. The van der Waals surface area contributed by atoms with Crippen molar-refractivity contribution in [2.45, 2.75) is 134 Å². The summed E-state index contributed by atoms with van der Waals surface area (Å²) in [5, 5.41) is 13.7. The quantitative estimate of drug-likeness (QED) is 0.108. The Kier molecular flexibility index (Phi) is 10.6. The molecule has 0 saturated carbocycles. The molecular formula is C43H53FN6O7SSi. The van der Waals surface area contributed by atoms with Gasteiger partial charge in [0.05, 0.1) is 23.8 Å². The number of sulfone groups is 1. The third-order valence-corrected chi connectivity index (χ3v) is 19.4. The Labute approximate surface area is 346 Å². The monoisotopic (exact) mass is 844 g/mol. The van der Waals surface area contributed by atoms with Crippen molar-refractivity contribution >= 4 is 63.3 Å². The van der Waals surface area contributed by atoms with Crippen molar-refractivity contribution in [3.05, 3.63) is 41.7 Å². The van der Waals surface area contributed by atoms with E-state index >= 15 is 4.39 Å². The van der Waals surface area contributed by atoms with Crippen LogP contribution in [0.4, 0.5) is 25.5 Å². The van der Waals surface area contributed by atoms with Gasteiger partial charge >= 0.3 is 12.2 Å². The Morgan fingerprint density at radius 2 is 1.69 bits per heavy atom. The molecule has 5 heterocycles. The molecule has 2 saturated heterocycles. The number of rotatable bonds is 6. The molecule has 4 unspecified atom stereocenters. The summed E-state index contributed by atoms with van der Waals surface area (Å²) < 4.78 is 56.2. The predicted molar refractivity (Wildman–Crippen MR) is 229 cm³/mol. The Balaban J connectivity index is 1.52. The van der Waals surface area contributed by atoms with Crippen LogP contribution in [0.25, 0.3) is 32.9 Å². The number of halogens is 1. The fourth-order valence-electron chi connectivity index (χ4n) is 9.90. The Morgan fingerprint density at radius 1 is 1.02 bits per heavy atom. The third kappa shape index (κ3) is 7.23. The zero-order valence-electron chi connectivity index (χ0n) is 35.5. The van der Waals surface area contributed by atoms with Gasteiger partial charge in [0.15, 0.2) is 5.82 Å². The van der Waals surface area contributed by atoms with Crippen molar-refractivity contribution in [1.82, 2.24) is 19.9 Å². The summed E-state index contributed by atoms with van der Waals surface area (Å²) in [7, 11) is -6.34. The Hall–Kier alpha value is -5.01. The average molecular weight is 845 g/mol. The molecule has 3 aliphatic heterocycles. The van der Waals surface area contributed by atoms with Crippen LogP contribution in [-0.4, -0.2) is 96.3 Å². The zero-order chi connectivity index (χ0) is 43.1. The van der Waals surface area contributed by atoms with Gasteiger partial charge in [-0.05, 0) is 75.4 Å². The van der Waals surface area contributed by atoms with Crippen LogP contribution in [0, 0.1) is 17.3 Å². The van der Waals surface area contributed by atoms with Crippen molar-refractivity contribution in [1.29, 1.82) is 0 Å². The summed E-state index contributed by atoms with van der Waals surface area (Å²) in [5.74, 6) is 2.76. The molecule has 3 aliphatic rings. The molecule has 2 N–H and O–H groups in total. The molecule has 7 rings (SSSR count). The number of nitrogens with zero attached hydrogens (tertiary/aromatic N) is 5. The molecule has 0 spiro atoms. The van der Waals surface area contributed by atoms with Gasteiger partial charge in [-0.2, -0.15) is 0 Å². The summed E-state index contributed by atoms with van der Waals surface area (Å²) in [6.07, 6.45) is -0.259. The predicted octanol–water partition coefficient (Wildman–Crippen LogP) is 8.78. The maximum absolute atomic E-state index is 17.7. The number of anilines is 2. The van der Waals surface area contributed by atoms with Crippen molar-refractivity contribution in [2.75, 3.05) is 23.0 Å². The molecule has 2 fully saturated rings. The van der Waals surface area contributed by atoms with Gasteiger partial charge in [-0.3, -0.25) is 10.2 Å². The van der Waals surface area contributed by atoms with Gasteiger partial charge < -0.3 is 19.5 Å². The van der Waals surface area contributed by atoms with Crippen LogP contribution in [0.5, 0.6) is 5.88 Å². The standard InChI is InChI=1S/C43H53FN6O7SSi/c1-22(2)59(23(3)4,24(5)6)20-19-26-13-12-14-28-30(45-41(51)57-43(8,9)10)17-16-29(32(26)28)35-34(44)36-33-38(48-40(47-36)58(11,54)55)49-21-27-15-18-31(50(27)42(52)53)37(49)25(7)56-39(33)46-35/h12-14,16-17,22-25,27,31,37H,15,18,21H2,1-11H3,(H,45,51)(H,52,53). The number of pyridine rings is 1. The number of hydrogen-bond donors (Lipinski definition) is 2. The summed E-state index contributed by atoms with van der Waals surface area (Å²) in [5.41, 5.74) is 4.87. The number of nitrogens with one attached hydrogen (secondary N) is 1. The normalized spacial score (nSPS) is 20.4. The van der Waals surface area contributed by atoms with E-state index in [2.05, 4.69) is 68.3 Å². The lowest BCUT2D eigenvalue weighted by atomic mass is 9.95. The summed E-state index contributed by atoms with van der Waals surface area (Å²) in [6, 6.07) is 7.36. The first-order valence-electron chi connectivity index (χ1n) is 20.2. The van der Waals surface area contributed by atoms with E-state index in [0.717, 1.165) is 6.26 Å². The highest BCUT2D eigenvalue weighted by atomic mass is 32.2. The van der Waals surface area contributed by atoms with Crippen LogP contribution in [0.1, 0.15) is 87.6 Å². The number of amides is 2. The molecule has 13 nitrogen and oxygen atoms in total. The number of carbonyl (C=O) groups is 2. The highest BCUT2D eigenvalue weighted by Crippen LogP contribution is 2.47. The zero-order valence-corrected chi connectivity index (χ0v) is 37.3. The molecule has 2 amide bonds. The second kappa shape index (κ2) is 14.9. The van der Waals surface area contributed by atoms with E-state index in [1.165, 1.54) is 4.90 Å². The summed E-state index contributed by atoms with van der Waals surface area (Å²) in [6.45, 7) is 20.6. The van der Waals surface area contributed by atoms with Gasteiger partial charge in [-0.25, -0.2) is 37.3 Å². The smallest absolute Gasteiger partial charge is 0.412 e. The van der Waals surface area contributed by atoms with Crippen LogP contribution in [0.3, 0.4) is 0 Å². The van der Waals surface area contributed by atoms with Crippen molar-refractivity contribution in [3.63, 3.8) is 0 Å². The molecule has 4 aromatic rings. The van der Waals surface area contributed by atoms with Gasteiger partial charge in [0.1, 0.15) is 42.2 Å². The molecule has 4 atom stereocenters. The molecule has 2 aromatic heterocycles. The van der Waals surface area contributed by atoms with E-state index in [0.29, 0.717) is 57.1 Å². The number of piperazine rings is 1. The molecule has 2 bridgehead atoms. The van der Waals surface area contributed by atoms with E-state index in [1.54, 1.807) is 39.8 Å². The summed E-state index contributed by atoms with van der Waals surface area (Å²) in [4.78, 5) is 42.6. The van der Waals surface area contributed by atoms with Gasteiger partial charge in [0.25, 0.3) is 0 Å². The number of hydrogen-bond acceptors (Lipinski definition) is 10. The van der Waals surface area contributed by atoms with Crippen molar-refractivity contribution in [2.24, 2.45) is 0 Å². The van der Waals surface area contributed by atoms with Crippen molar-refractivity contribution in [3.8, 4) is 28.6 Å². The van der Waals surface area contributed by atoms with E-state index in [4.69, 9.17) is 14.5 Å². The molecule has 314 valence electrons. The molecule has 0 aliphatic carbocycles. The fraction of sp³-hybridized carbons (Fsp3) is 0.512. The first-order chi connectivity index (χ1) is 27.5. The van der Waals surface area contributed by atoms with Crippen LogP contribution >= 0.6 is 0 Å². The first kappa shape index (κ1) is 42.1. The maximum atomic E-state index is 17.7. The molecule has 59 heavy (non-hydrogen) atoms. The third-order valence-electron chi connectivity index (χ3n) is 12.2. The number of aromatic nitrogens is 3. The molecule has 2 aromatic carbocycles. The minimum atomic E-state index is -4.07. The van der Waals surface area contributed by atoms with Crippen LogP contribution in [0.15, 0.2) is 35.5 Å². The van der Waals surface area contributed by atoms with Gasteiger partial charge in [-0.1, -0.05) is 59.6 Å². The van der Waals surface area contributed by atoms with Gasteiger partial charge in [0.2, 0.25) is 20.9 Å². The SMILES string of the molecule is CC1Oc2nc(-c3ccc(NC(=O)OC(C)(C)C)c4cccc(C#C[Si](C(C)C)(C(C)C)C(C)C)c34)c(F)c3nc(S(C)(=O)=O)nc(c23)N2CC3CCC(C12)N3C(=O)O. The molecule has 16 heteroatoms. The highest BCUT2D eigenvalue weighted by Gasteiger charge is 2.53. The number of carboxylic acid groups (broad SMARTS) is 1. The Bertz CT molecular complexity index is 2550. The van der Waals surface area contributed by atoms with E-state index in [1.807, 2.05) is 23.1 Å². The number of benzene rings is 2. The van der Waals surface area contributed by atoms with E-state index in [-0.39, 0.29) is 40.9 Å². The fourth-order valence-corrected chi connectivity index (χ4v) is 15.6.